The zero-order valence-electron chi connectivity index (χ0n) is 9.98. The van der Waals surface area contributed by atoms with Crippen molar-refractivity contribution in [3.8, 4) is 11.5 Å². The molecule has 0 saturated heterocycles. The Bertz CT molecular complexity index is 664. The van der Waals surface area contributed by atoms with E-state index in [9.17, 15) is 10.1 Å². The summed E-state index contributed by atoms with van der Waals surface area (Å²) >= 11 is 12.6. The summed E-state index contributed by atoms with van der Waals surface area (Å²) in [6, 6.07) is 9.85. The van der Waals surface area contributed by atoms with Gasteiger partial charge in [-0.15, -0.1) is 0 Å². The molecule has 2 rings (SSSR count). The fourth-order valence-corrected chi connectivity index (χ4v) is 2.49. The van der Waals surface area contributed by atoms with E-state index in [4.69, 9.17) is 16.3 Å². The Morgan fingerprint density at radius 1 is 1.20 bits per heavy atom. The number of alkyl halides is 1. The number of benzene rings is 2. The lowest BCUT2D eigenvalue weighted by Gasteiger charge is -2.09. The molecule has 0 radical (unpaired) electrons. The van der Waals surface area contributed by atoms with Crippen LogP contribution in [0, 0.1) is 10.1 Å². The van der Waals surface area contributed by atoms with Gasteiger partial charge in [-0.1, -0.05) is 49.5 Å². The van der Waals surface area contributed by atoms with Crippen LogP contribution in [0.15, 0.2) is 40.9 Å². The first-order chi connectivity index (χ1) is 9.51. The molecule has 0 spiro atoms. The number of ether oxygens (including phenoxy) is 1. The number of nitrogens with zero attached hydrogens (tertiary/aromatic N) is 1. The van der Waals surface area contributed by atoms with E-state index >= 15 is 0 Å². The normalized spacial score (nSPS) is 10.3. The van der Waals surface area contributed by atoms with Crippen molar-refractivity contribution in [2.24, 2.45) is 0 Å². The highest BCUT2D eigenvalue weighted by Crippen LogP contribution is 2.36. The van der Waals surface area contributed by atoms with E-state index in [1.54, 1.807) is 18.2 Å². The first-order valence-corrected chi connectivity index (χ1v) is 7.76. The summed E-state index contributed by atoms with van der Waals surface area (Å²) in [5.74, 6) is 0.522. The Labute approximate surface area is 137 Å². The van der Waals surface area contributed by atoms with Gasteiger partial charge in [0, 0.05) is 15.9 Å². The van der Waals surface area contributed by atoms with E-state index in [2.05, 4.69) is 31.9 Å². The maximum Gasteiger partial charge on any atom is 0.312 e. The highest BCUT2D eigenvalue weighted by Gasteiger charge is 2.17. The molecule has 0 unspecified atom stereocenters. The van der Waals surface area contributed by atoms with Crippen LogP contribution in [0.5, 0.6) is 11.5 Å². The van der Waals surface area contributed by atoms with Crippen LogP contribution in [0.25, 0.3) is 0 Å². The summed E-state index contributed by atoms with van der Waals surface area (Å²) in [5.41, 5.74) is 0.868. The third kappa shape index (κ3) is 3.50. The molecule has 0 bridgehead atoms. The molecule has 0 atom stereocenters. The lowest BCUT2D eigenvalue weighted by molar-refractivity contribution is -0.385. The number of nitro groups is 1. The molecule has 0 aliphatic rings. The fourth-order valence-electron chi connectivity index (χ4n) is 1.55. The van der Waals surface area contributed by atoms with Crippen LogP contribution in [0.2, 0.25) is 5.02 Å². The smallest absolute Gasteiger partial charge is 0.312 e. The molecule has 0 heterocycles. The van der Waals surface area contributed by atoms with Crippen molar-refractivity contribution in [2.75, 3.05) is 0 Å². The number of hydrogen-bond acceptors (Lipinski definition) is 3. The van der Waals surface area contributed by atoms with Crippen LogP contribution in [0.3, 0.4) is 0 Å². The second-order valence-corrected chi connectivity index (χ2v) is 5.75. The molecular formula is C13H8Br2ClNO3. The van der Waals surface area contributed by atoms with Gasteiger partial charge in [0.15, 0.2) is 0 Å². The molecule has 0 aromatic heterocycles. The van der Waals surface area contributed by atoms with Crippen molar-refractivity contribution >= 4 is 49.1 Å². The summed E-state index contributed by atoms with van der Waals surface area (Å²) < 4.78 is 6.15. The zero-order chi connectivity index (χ0) is 14.7. The van der Waals surface area contributed by atoms with Crippen LogP contribution < -0.4 is 4.74 Å². The molecule has 0 aliphatic heterocycles. The van der Waals surface area contributed by atoms with Crippen molar-refractivity contribution in [1.29, 1.82) is 0 Å². The van der Waals surface area contributed by atoms with Crippen molar-refractivity contribution < 1.29 is 9.66 Å². The lowest BCUT2D eigenvalue weighted by atomic mass is 10.2. The third-order valence-corrected chi connectivity index (χ3v) is 3.92. The minimum absolute atomic E-state index is 0.125. The predicted molar refractivity (Wildman–Crippen MR) is 85.0 cm³/mol. The largest absolute Gasteiger partial charge is 0.449 e. The average molecular weight is 421 g/mol. The Morgan fingerprint density at radius 3 is 2.50 bits per heavy atom. The Hall–Kier alpha value is -1.11. The molecule has 20 heavy (non-hydrogen) atoms. The van der Waals surface area contributed by atoms with Crippen LogP contribution in [0.1, 0.15) is 5.56 Å². The molecule has 0 amide bonds. The van der Waals surface area contributed by atoms with E-state index in [1.165, 1.54) is 12.1 Å². The summed E-state index contributed by atoms with van der Waals surface area (Å²) in [7, 11) is 0. The van der Waals surface area contributed by atoms with E-state index in [0.717, 1.165) is 5.56 Å². The van der Waals surface area contributed by atoms with Gasteiger partial charge in [-0.2, -0.15) is 0 Å². The average Bonchev–Trinajstić information content (AvgIpc) is 2.42. The molecule has 4 nitrogen and oxygen atoms in total. The van der Waals surface area contributed by atoms with E-state index in [-0.39, 0.29) is 11.4 Å². The zero-order valence-corrected chi connectivity index (χ0v) is 13.9. The van der Waals surface area contributed by atoms with Gasteiger partial charge < -0.3 is 4.74 Å². The van der Waals surface area contributed by atoms with Crippen molar-refractivity contribution in [3.63, 3.8) is 0 Å². The molecule has 104 valence electrons. The van der Waals surface area contributed by atoms with E-state index < -0.39 is 4.92 Å². The first-order valence-electron chi connectivity index (χ1n) is 5.47. The minimum atomic E-state index is -0.499. The van der Waals surface area contributed by atoms with Gasteiger partial charge >= 0.3 is 5.69 Å². The van der Waals surface area contributed by atoms with Gasteiger partial charge in [-0.05, 0) is 29.8 Å². The number of nitro benzene ring substituents is 1. The van der Waals surface area contributed by atoms with Crippen LogP contribution in [-0.2, 0) is 5.33 Å². The molecule has 2 aromatic rings. The van der Waals surface area contributed by atoms with Gasteiger partial charge in [0.05, 0.1) is 9.95 Å². The second kappa shape index (κ2) is 6.56. The molecule has 7 heteroatoms. The molecular weight excluding hydrogens is 413 g/mol. The van der Waals surface area contributed by atoms with Crippen LogP contribution >= 0.6 is 43.5 Å². The molecule has 0 aliphatic carbocycles. The number of hydrogen-bond donors (Lipinski definition) is 0. The van der Waals surface area contributed by atoms with Gasteiger partial charge in [0.1, 0.15) is 5.75 Å². The van der Waals surface area contributed by atoms with Crippen molar-refractivity contribution in [2.45, 2.75) is 5.33 Å². The maximum absolute atomic E-state index is 11.0. The van der Waals surface area contributed by atoms with Crippen molar-refractivity contribution in [1.82, 2.24) is 0 Å². The van der Waals surface area contributed by atoms with E-state index in [1.807, 2.05) is 6.07 Å². The standard InChI is InChI=1S/C13H8Br2ClNO3/c14-7-8-1-3-12(10(16)5-8)20-13-4-2-9(15)6-11(13)17(18)19/h1-6H,7H2. The predicted octanol–water partition coefficient (Wildman–Crippen LogP) is 5.70. The van der Waals surface area contributed by atoms with Gasteiger partial charge in [-0.3, -0.25) is 10.1 Å². The topological polar surface area (TPSA) is 52.4 Å². The first kappa shape index (κ1) is 15.3. The Morgan fingerprint density at radius 2 is 1.90 bits per heavy atom. The minimum Gasteiger partial charge on any atom is -0.449 e. The SMILES string of the molecule is O=[N+]([O-])c1cc(Br)ccc1Oc1ccc(CBr)cc1Cl. The maximum atomic E-state index is 11.0. The molecule has 0 saturated carbocycles. The second-order valence-electron chi connectivity index (χ2n) is 3.87. The molecule has 0 fully saturated rings. The summed E-state index contributed by atoms with van der Waals surface area (Å²) in [6.07, 6.45) is 0. The number of halogens is 3. The summed E-state index contributed by atoms with van der Waals surface area (Å²) in [4.78, 5) is 10.5. The van der Waals surface area contributed by atoms with Gasteiger partial charge in [0.2, 0.25) is 5.75 Å². The third-order valence-electron chi connectivity index (χ3n) is 2.49. The summed E-state index contributed by atoms with van der Waals surface area (Å²) in [6.45, 7) is 0. The van der Waals surface area contributed by atoms with Gasteiger partial charge in [0.25, 0.3) is 0 Å². The monoisotopic (exact) mass is 419 g/mol. The van der Waals surface area contributed by atoms with E-state index in [0.29, 0.717) is 20.6 Å². The Balaban J connectivity index is 2.37. The highest BCUT2D eigenvalue weighted by molar-refractivity contribution is 9.10. The summed E-state index contributed by atoms with van der Waals surface area (Å²) in [5, 5.41) is 12.1. The quantitative estimate of drug-likeness (QED) is 0.362. The Kier molecular flexibility index (Phi) is 5.01. The molecule has 0 N–H and O–H groups in total. The lowest BCUT2D eigenvalue weighted by Crippen LogP contribution is -1.94. The van der Waals surface area contributed by atoms with Crippen LogP contribution in [-0.4, -0.2) is 4.92 Å². The fraction of sp³-hybridized carbons (Fsp3) is 0.0769. The molecule has 2 aromatic carbocycles. The highest BCUT2D eigenvalue weighted by atomic mass is 79.9. The van der Waals surface area contributed by atoms with Crippen molar-refractivity contribution in [3.05, 3.63) is 61.6 Å². The van der Waals surface area contributed by atoms with Gasteiger partial charge in [-0.25, -0.2) is 0 Å². The number of rotatable bonds is 4. The van der Waals surface area contributed by atoms with Crippen LogP contribution in [0.4, 0.5) is 5.69 Å².